The van der Waals surface area contributed by atoms with Crippen molar-refractivity contribution in [3.8, 4) is 0 Å². The smallest absolute Gasteiger partial charge is 0.274 e. The van der Waals surface area contributed by atoms with Crippen molar-refractivity contribution in [1.29, 1.82) is 0 Å². The van der Waals surface area contributed by atoms with E-state index in [1.807, 2.05) is 0 Å². The Morgan fingerprint density at radius 3 is 1.09 bits per heavy atom. The van der Waals surface area contributed by atoms with Gasteiger partial charge in [0.05, 0.1) is 22.3 Å². The molecule has 6 nitrogen and oxygen atoms in total. The van der Waals surface area contributed by atoms with Crippen LogP contribution in [0, 0.1) is 11.6 Å². The summed E-state index contributed by atoms with van der Waals surface area (Å²) in [6, 6.07) is 16.0. The highest BCUT2D eigenvalue weighted by Crippen LogP contribution is 2.48. The second-order valence-corrected chi connectivity index (χ2v) is 13.8. The molecule has 2 aliphatic heterocycles. The van der Waals surface area contributed by atoms with Crippen LogP contribution < -0.4 is 0 Å². The lowest BCUT2D eigenvalue weighted by Gasteiger charge is -2.30. The Labute approximate surface area is 309 Å². The van der Waals surface area contributed by atoms with Crippen LogP contribution in [0.2, 0.25) is 0 Å². The number of halogens is 8. The van der Waals surface area contributed by atoms with E-state index in [1.165, 1.54) is 48.5 Å². The highest BCUT2D eigenvalue weighted by molar-refractivity contribution is 6.41. The molecule has 9 rings (SSSR count). The maximum absolute atomic E-state index is 16.5. The van der Waals surface area contributed by atoms with Crippen molar-refractivity contribution in [2.24, 2.45) is 0 Å². The van der Waals surface area contributed by atoms with Gasteiger partial charge in [0.1, 0.15) is 11.6 Å². The van der Waals surface area contributed by atoms with E-state index in [2.05, 4.69) is 0 Å². The highest BCUT2D eigenvalue weighted by Gasteiger charge is 2.39. The molecule has 0 spiro atoms. The van der Waals surface area contributed by atoms with Crippen LogP contribution in [0.15, 0.2) is 84.9 Å². The Morgan fingerprint density at radius 1 is 0.411 bits per heavy atom. The molecule has 0 radical (unpaired) electrons. The molecule has 2 heterocycles. The molecule has 2 aliphatic rings. The minimum Gasteiger partial charge on any atom is -0.274 e. The molecule has 4 amide bonds. The van der Waals surface area contributed by atoms with E-state index >= 15 is 8.78 Å². The van der Waals surface area contributed by atoms with Crippen LogP contribution >= 0.6 is 0 Å². The zero-order valence-electron chi connectivity index (χ0n) is 28.5. The fourth-order valence-electron chi connectivity index (χ4n) is 8.08. The van der Waals surface area contributed by atoms with Crippen LogP contribution in [-0.2, 0) is 25.2 Å². The number of hydrogen-bond acceptors (Lipinski definition) is 4. The van der Waals surface area contributed by atoms with Crippen molar-refractivity contribution in [2.75, 3.05) is 13.1 Å². The Morgan fingerprint density at radius 2 is 0.750 bits per heavy atom. The fourth-order valence-corrected chi connectivity index (χ4v) is 8.08. The molecule has 0 fully saturated rings. The summed E-state index contributed by atoms with van der Waals surface area (Å²) in [5.41, 5.74) is -1.17. The molecule has 0 saturated heterocycles. The van der Waals surface area contributed by atoms with E-state index in [9.17, 15) is 45.5 Å². The molecule has 56 heavy (non-hydrogen) atoms. The summed E-state index contributed by atoms with van der Waals surface area (Å²) in [6.45, 7) is -0.443. The fraction of sp³-hybridized carbons (Fsp3) is 0.143. The van der Waals surface area contributed by atoms with Gasteiger partial charge < -0.3 is 0 Å². The number of nitrogens with zero attached hydrogens (tertiary/aromatic N) is 2. The van der Waals surface area contributed by atoms with Gasteiger partial charge in [-0.3, -0.25) is 29.0 Å². The van der Waals surface area contributed by atoms with Gasteiger partial charge >= 0.3 is 12.4 Å². The van der Waals surface area contributed by atoms with Gasteiger partial charge in [-0.15, -0.1) is 0 Å². The molecule has 14 heteroatoms. The van der Waals surface area contributed by atoms with Crippen LogP contribution in [-0.4, -0.2) is 46.5 Å². The van der Waals surface area contributed by atoms with Gasteiger partial charge in [0.2, 0.25) is 0 Å². The molecule has 280 valence electrons. The number of rotatable bonds is 6. The van der Waals surface area contributed by atoms with Crippen LogP contribution in [0.3, 0.4) is 0 Å². The molecular formula is C42H22F8N2O4. The SMILES string of the molecule is O=C1c2ccc3c4c(F)cc5c6c(ccc(c7c(F)cc(c2c37)C(=O)N1CCc1ccc(C(F)(F)F)cc1)c64)C(=O)N(CCc1ccc(C(F)(F)F)cc1)C5=O. The average Bonchev–Trinajstić information content (AvgIpc) is 3.15. The van der Waals surface area contributed by atoms with E-state index in [0.29, 0.717) is 11.1 Å². The van der Waals surface area contributed by atoms with Crippen molar-refractivity contribution in [2.45, 2.75) is 25.2 Å². The maximum atomic E-state index is 16.5. The lowest BCUT2D eigenvalue weighted by atomic mass is 9.81. The first-order valence-electron chi connectivity index (χ1n) is 17.2. The summed E-state index contributed by atoms with van der Waals surface area (Å²) in [5, 5.41) is 0.442. The third-order valence-electron chi connectivity index (χ3n) is 10.7. The normalized spacial score (nSPS) is 14.8. The Balaban J connectivity index is 1.12. The number of imide groups is 2. The van der Waals surface area contributed by atoms with Gasteiger partial charge in [-0.25, -0.2) is 8.78 Å². The lowest BCUT2D eigenvalue weighted by molar-refractivity contribution is -0.138. The van der Waals surface area contributed by atoms with Gasteiger partial charge in [-0.05, 0) is 83.3 Å². The molecule has 0 aromatic heterocycles. The molecule has 0 atom stereocenters. The van der Waals surface area contributed by atoms with Gasteiger partial charge in [-0.1, -0.05) is 36.4 Å². The van der Waals surface area contributed by atoms with E-state index in [1.54, 1.807) is 0 Å². The van der Waals surface area contributed by atoms with Crippen LogP contribution in [0.25, 0.3) is 43.1 Å². The quantitative estimate of drug-likeness (QED) is 0.0731. The van der Waals surface area contributed by atoms with Crippen molar-refractivity contribution in [3.63, 3.8) is 0 Å². The first-order valence-corrected chi connectivity index (χ1v) is 17.2. The minimum atomic E-state index is -4.54. The minimum absolute atomic E-state index is 0.0158. The topological polar surface area (TPSA) is 74.8 Å². The van der Waals surface area contributed by atoms with E-state index in [-0.39, 0.29) is 91.3 Å². The Hall–Kier alpha value is -6.44. The van der Waals surface area contributed by atoms with Crippen molar-refractivity contribution < 1.29 is 54.3 Å². The first-order chi connectivity index (χ1) is 26.5. The monoisotopic (exact) mass is 770 g/mol. The number of hydrogen-bond donors (Lipinski definition) is 0. The number of alkyl halides is 6. The Bertz CT molecular complexity index is 2690. The van der Waals surface area contributed by atoms with Crippen molar-refractivity contribution >= 4 is 66.7 Å². The molecule has 0 unspecified atom stereocenters. The Kier molecular flexibility index (Phi) is 7.58. The van der Waals surface area contributed by atoms with E-state index in [0.717, 1.165) is 46.2 Å². The summed E-state index contributed by atoms with van der Waals surface area (Å²) in [7, 11) is 0. The third kappa shape index (κ3) is 5.15. The standard InChI is InChI=1S/C42H22F8N2O4/c43-29-17-27-31-25(37(53)51(39(27)55)15-13-19-1-5-21(6-2-19)41(45,46)47)11-9-23-34-30(44)18-28-32-26(12-10-24(36(32)34)33(29)35(23)31)38(54)52(40(28)56)16-14-20-3-7-22(8-4-20)42(48,49)50/h1-12,17-18H,13-16H2. The summed E-state index contributed by atoms with van der Waals surface area (Å²) in [4.78, 5) is 57.1. The lowest BCUT2D eigenvalue weighted by Crippen LogP contribution is -2.41. The van der Waals surface area contributed by atoms with Gasteiger partial charge in [0, 0.05) is 56.5 Å². The summed E-state index contributed by atoms with van der Waals surface area (Å²) < 4.78 is 111. The molecule has 7 aromatic carbocycles. The molecule has 7 aromatic rings. The van der Waals surface area contributed by atoms with Crippen LogP contribution in [0.5, 0.6) is 0 Å². The number of fused-ring (bicyclic) bond motifs is 2. The molecular weight excluding hydrogens is 748 g/mol. The number of carbonyl (C=O) groups excluding carboxylic acids is 4. The molecule has 0 aliphatic carbocycles. The second-order valence-electron chi connectivity index (χ2n) is 13.8. The molecule has 0 saturated carbocycles. The average molecular weight is 771 g/mol. The third-order valence-corrected chi connectivity index (χ3v) is 10.7. The molecule has 0 N–H and O–H groups in total. The van der Waals surface area contributed by atoms with E-state index < -0.39 is 58.7 Å². The predicted octanol–water partition coefficient (Wildman–Crippen LogP) is 9.73. The zero-order chi connectivity index (χ0) is 39.6. The maximum Gasteiger partial charge on any atom is 0.416 e. The van der Waals surface area contributed by atoms with Crippen LogP contribution in [0.4, 0.5) is 35.1 Å². The van der Waals surface area contributed by atoms with Gasteiger partial charge in [0.15, 0.2) is 0 Å². The van der Waals surface area contributed by atoms with Crippen molar-refractivity contribution in [1.82, 2.24) is 9.80 Å². The largest absolute Gasteiger partial charge is 0.416 e. The van der Waals surface area contributed by atoms with Gasteiger partial charge in [-0.2, -0.15) is 26.3 Å². The van der Waals surface area contributed by atoms with E-state index in [4.69, 9.17) is 0 Å². The second kappa shape index (κ2) is 12.0. The van der Waals surface area contributed by atoms with Gasteiger partial charge in [0.25, 0.3) is 23.6 Å². The predicted molar refractivity (Wildman–Crippen MR) is 189 cm³/mol. The first kappa shape index (κ1) is 35.3. The number of benzene rings is 7. The van der Waals surface area contributed by atoms with Crippen LogP contribution in [0.1, 0.15) is 63.7 Å². The summed E-state index contributed by atoms with van der Waals surface area (Å²) in [5.74, 6) is -4.95. The number of carbonyl (C=O) groups is 4. The summed E-state index contributed by atoms with van der Waals surface area (Å²) in [6.07, 6.45) is -9.06. The zero-order valence-corrected chi connectivity index (χ0v) is 28.5. The van der Waals surface area contributed by atoms with Crippen molar-refractivity contribution in [3.05, 3.63) is 141 Å². The number of amides is 4. The highest BCUT2D eigenvalue weighted by atomic mass is 19.4. The molecule has 0 bridgehead atoms. The summed E-state index contributed by atoms with van der Waals surface area (Å²) >= 11 is 0.